The van der Waals surface area contributed by atoms with Gasteiger partial charge in [0.15, 0.2) is 6.61 Å². The average Bonchev–Trinajstić information content (AvgIpc) is 3.08. The molecule has 0 saturated carbocycles. The molecule has 6 nitrogen and oxygen atoms in total. The molecule has 0 aliphatic carbocycles. The monoisotopic (exact) mass is 339 g/mol. The average molecular weight is 339 g/mol. The highest BCUT2D eigenvalue weighted by molar-refractivity contribution is 5.93. The maximum atomic E-state index is 11.9. The second-order valence-electron chi connectivity index (χ2n) is 5.24. The summed E-state index contributed by atoms with van der Waals surface area (Å²) in [6.45, 7) is 0.268. The highest BCUT2D eigenvalue weighted by Gasteiger charge is 2.15. The number of amides is 1. The fraction of sp³-hybridized carbons (Fsp3) is 0.158. The van der Waals surface area contributed by atoms with E-state index in [1.165, 1.54) is 0 Å². The van der Waals surface area contributed by atoms with Gasteiger partial charge in [-0.25, -0.2) is 4.79 Å². The van der Waals surface area contributed by atoms with Gasteiger partial charge in [0.25, 0.3) is 5.91 Å². The van der Waals surface area contributed by atoms with Crippen LogP contribution in [0.4, 0.5) is 0 Å². The first kappa shape index (κ1) is 16.6. The molecule has 0 aliphatic heterocycles. The first-order valence-corrected chi connectivity index (χ1v) is 7.82. The van der Waals surface area contributed by atoms with Crippen LogP contribution in [0.25, 0.3) is 11.0 Å². The molecule has 128 valence electrons. The molecule has 0 bridgehead atoms. The van der Waals surface area contributed by atoms with E-state index in [0.29, 0.717) is 18.7 Å². The van der Waals surface area contributed by atoms with Crippen molar-refractivity contribution in [3.8, 4) is 5.75 Å². The third-order valence-corrected chi connectivity index (χ3v) is 3.40. The van der Waals surface area contributed by atoms with Crippen LogP contribution in [-0.4, -0.2) is 31.6 Å². The summed E-state index contributed by atoms with van der Waals surface area (Å²) in [7, 11) is 0. The minimum Gasteiger partial charge on any atom is -0.492 e. The second kappa shape index (κ2) is 8.01. The predicted molar refractivity (Wildman–Crippen MR) is 91.4 cm³/mol. The fourth-order valence-electron chi connectivity index (χ4n) is 2.21. The number of hydrogen-bond acceptors (Lipinski definition) is 5. The van der Waals surface area contributed by atoms with Crippen LogP contribution in [0.15, 0.2) is 65.1 Å². The van der Waals surface area contributed by atoms with Gasteiger partial charge >= 0.3 is 5.97 Å². The second-order valence-corrected chi connectivity index (χ2v) is 5.24. The lowest BCUT2D eigenvalue weighted by atomic mass is 10.2. The normalized spacial score (nSPS) is 10.4. The van der Waals surface area contributed by atoms with Crippen molar-refractivity contribution in [1.82, 2.24) is 5.32 Å². The summed E-state index contributed by atoms with van der Waals surface area (Å²) in [6.07, 6.45) is 0. The Bertz CT molecular complexity index is 823. The maximum absolute atomic E-state index is 11.9. The number of fused-ring (bicyclic) bond motifs is 1. The molecule has 0 spiro atoms. The van der Waals surface area contributed by atoms with E-state index in [4.69, 9.17) is 13.9 Å². The lowest BCUT2D eigenvalue weighted by molar-refractivity contribution is -0.124. The van der Waals surface area contributed by atoms with Crippen molar-refractivity contribution >= 4 is 22.8 Å². The van der Waals surface area contributed by atoms with Gasteiger partial charge in [0, 0.05) is 5.39 Å². The molecule has 1 aromatic heterocycles. The van der Waals surface area contributed by atoms with Crippen molar-refractivity contribution in [2.45, 2.75) is 0 Å². The zero-order valence-corrected chi connectivity index (χ0v) is 13.4. The topological polar surface area (TPSA) is 77.8 Å². The number of carbonyl (C=O) groups is 2. The van der Waals surface area contributed by atoms with E-state index in [2.05, 4.69) is 5.32 Å². The van der Waals surface area contributed by atoms with Gasteiger partial charge < -0.3 is 19.2 Å². The van der Waals surface area contributed by atoms with Crippen LogP contribution in [0.1, 0.15) is 10.6 Å². The Balaban J connectivity index is 1.39. The van der Waals surface area contributed by atoms with E-state index in [0.717, 1.165) is 11.1 Å². The SMILES string of the molecule is O=C(COC(=O)c1cc2ccccc2o1)NCCOc1ccccc1. The van der Waals surface area contributed by atoms with Crippen molar-refractivity contribution in [2.24, 2.45) is 0 Å². The molecule has 0 unspecified atom stereocenters. The number of para-hydroxylation sites is 2. The fourth-order valence-corrected chi connectivity index (χ4v) is 2.21. The largest absolute Gasteiger partial charge is 0.492 e. The number of rotatable bonds is 7. The van der Waals surface area contributed by atoms with E-state index in [1.807, 2.05) is 48.5 Å². The molecule has 3 rings (SSSR count). The lowest BCUT2D eigenvalue weighted by Crippen LogP contribution is -2.32. The Kier molecular flexibility index (Phi) is 5.31. The number of furan rings is 1. The van der Waals surface area contributed by atoms with Crippen molar-refractivity contribution in [1.29, 1.82) is 0 Å². The van der Waals surface area contributed by atoms with E-state index < -0.39 is 11.9 Å². The van der Waals surface area contributed by atoms with Crippen molar-refractivity contribution in [3.63, 3.8) is 0 Å². The molecule has 0 fully saturated rings. The maximum Gasteiger partial charge on any atom is 0.374 e. The van der Waals surface area contributed by atoms with E-state index >= 15 is 0 Å². The van der Waals surface area contributed by atoms with Crippen molar-refractivity contribution in [2.75, 3.05) is 19.8 Å². The van der Waals surface area contributed by atoms with Crippen LogP contribution in [0.3, 0.4) is 0 Å². The first-order chi connectivity index (χ1) is 12.2. The van der Waals surface area contributed by atoms with Gasteiger partial charge in [-0.2, -0.15) is 0 Å². The van der Waals surface area contributed by atoms with Gasteiger partial charge in [0.05, 0.1) is 6.54 Å². The summed E-state index contributed by atoms with van der Waals surface area (Å²) in [5.41, 5.74) is 0.594. The Hall–Kier alpha value is -3.28. The standard InChI is InChI=1S/C19H17NO5/c21-18(20-10-11-23-15-7-2-1-3-8-15)13-24-19(22)17-12-14-6-4-5-9-16(14)25-17/h1-9,12H,10-11,13H2,(H,20,21). The third-order valence-electron chi connectivity index (χ3n) is 3.40. The molecule has 0 atom stereocenters. The molecule has 1 amide bonds. The Morgan fingerprint density at radius 3 is 2.56 bits per heavy atom. The first-order valence-electron chi connectivity index (χ1n) is 7.82. The van der Waals surface area contributed by atoms with Crippen molar-refractivity contribution < 1.29 is 23.5 Å². The number of nitrogens with one attached hydrogen (secondary N) is 1. The van der Waals surface area contributed by atoms with Crippen LogP contribution in [0.5, 0.6) is 5.75 Å². The van der Waals surface area contributed by atoms with E-state index in [1.54, 1.807) is 12.1 Å². The molecule has 1 heterocycles. The van der Waals surface area contributed by atoms with Crippen LogP contribution in [-0.2, 0) is 9.53 Å². The highest BCUT2D eigenvalue weighted by Crippen LogP contribution is 2.19. The van der Waals surface area contributed by atoms with Crippen LogP contribution in [0, 0.1) is 0 Å². The molecule has 1 N–H and O–H groups in total. The van der Waals surface area contributed by atoms with E-state index in [-0.39, 0.29) is 12.4 Å². The van der Waals surface area contributed by atoms with Crippen molar-refractivity contribution in [3.05, 3.63) is 66.4 Å². The molecule has 0 aliphatic rings. The van der Waals surface area contributed by atoms with Gasteiger partial charge in [-0.1, -0.05) is 36.4 Å². The zero-order chi connectivity index (χ0) is 17.5. The molecule has 0 radical (unpaired) electrons. The van der Waals surface area contributed by atoms with Gasteiger partial charge in [-0.3, -0.25) is 4.79 Å². The van der Waals surface area contributed by atoms with Gasteiger partial charge in [0.2, 0.25) is 5.76 Å². The summed E-state index contributed by atoms with van der Waals surface area (Å²) in [5, 5.41) is 3.42. The molecular weight excluding hydrogens is 322 g/mol. The van der Waals surface area contributed by atoms with Crippen LogP contribution < -0.4 is 10.1 Å². The van der Waals surface area contributed by atoms with Gasteiger partial charge in [-0.05, 0) is 24.3 Å². The molecule has 6 heteroatoms. The molecular formula is C19H17NO5. The van der Waals surface area contributed by atoms with Crippen LogP contribution in [0.2, 0.25) is 0 Å². The van der Waals surface area contributed by atoms with Gasteiger partial charge in [0.1, 0.15) is 17.9 Å². The lowest BCUT2D eigenvalue weighted by Gasteiger charge is -2.07. The third kappa shape index (κ3) is 4.60. The number of hydrogen-bond donors (Lipinski definition) is 1. The number of ether oxygens (including phenoxy) is 2. The smallest absolute Gasteiger partial charge is 0.374 e. The molecule has 2 aromatic carbocycles. The highest BCUT2D eigenvalue weighted by atomic mass is 16.5. The summed E-state index contributed by atoms with van der Waals surface area (Å²) in [6, 6.07) is 18.1. The van der Waals surface area contributed by atoms with E-state index in [9.17, 15) is 9.59 Å². The number of carbonyl (C=O) groups excluding carboxylic acids is 2. The Morgan fingerprint density at radius 2 is 1.76 bits per heavy atom. The zero-order valence-electron chi connectivity index (χ0n) is 13.4. The number of esters is 1. The predicted octanol–water partition coefficient (Wildman–Crippen LogP) is 2.78. The number of benzene rings is 2. The minimum atomic E-state index is -0.674. The Morgan fingerprint density at radius 1 is 1.00 bits per heavy atom. The molecule has 0 saturated heterocycles. The minimum absolute atomic E-state index is 0.0708. The summed E-state index contributed by atoms with van der Waals surface area (Å²) >= 11 is 0. The quantitative estimate of drug-likeness (QED) is 0.529. The van der Waals surface area contributed by atoms with Gasteiger partial charge in [-0.15, -0.1) is 0 Å². The summed E-state index contributed by atoms with van der Waals surface area (Å²) in [5.74, 6) is -0.275. The van der Waals surface area contributed by atoms with Crippen LogP contribution >= 0.6 is 0 Å². The molecule has 25 heavy (non-hydrogen) atoms. The molecule has 3 aromatic rings. The summed E-state index contributed by atoms with van der Waals surface area (Å²) < 4.78 is 15.8. The Labute approximate surface area is 144 Å². The summed E-state index contributed by atoms with van der Waals surface area (Å²) in [4.78, 5) is 23.6.